The Labute approximate surface area is 73.8 Å². The van der Waals surface area contributed by atoms with Gasteiger partial charge in [-0.2, -0.15) is 0 Å². The molecule has 2 atom stereocenters. The largest absolute Gasteiger partial charge is 0.392 e. The zero-order valence-corrected chi connectivity index (χ0v) is 7.88. The van der Waals surface area contributed by atoms with Gasteiger partial charge in [0.15, 0.2) is 0 Å². The van der Waals surface area contributed by atoms with Crippen LogP contribution in [0.4, 0.5) is 0 Å². The van der Waals surface area contributed by atoms with Gasteiger partial charge in [0.05, 0.1) is 11.7 Å². The summed E-state index contributed by atoms with van der Waals surface area (Å²) in [4.78, 5) is 0. The lowest BCUT2D eigenvalue weighted by atomic mass is 9.80. The van der Waals surface area contributed by atoms with Crippen molar-refractivity contribution in [1.29, 1.82) is 0 Å². The first-order chi connectivity index (χ1) is 5.53. The van der Waals surface area contributed by atoms with Crippen molar-refractivity contribution in [3.8, 4) is 0 Å². The number of aliphatic hydroxyl groups is 2. The third kappa shape index (κ3) is 2.44. The maximum atomic E-state index is 9.70. The summed E-state index contributed by atoms with van der Waals surface area (Å²) in [6.07, 6.45) is 2.56. The fraction of sp³-hybridized carbons (Fsp3) is 1.00. The monoisotopic (exact) mass is 173 g/mol. The van der Waals surface area contributed by atoms with Crippen LogP contribution in [0.25, 0.3) is 0 Å². The standard InChI is InChI=1S/C9H19NO2/c1-7(8(2)11)10-6-9(12)4-3-5-9/h7-8,10-12H,3-6H2,1-2H3. The summed E-state index contributed by atoms with van der Waals surface area (Å²) < 4.78 is 0. The molecule has 0 spiro atoms. The molecule has 1 saturated carbocycles. The van der Waals surface area contributed by atoms with E-state index in [4.69, 9.17) is 5.11 Å². The summed E-state index contributed by atoms with van der Waals surface area (Å²) in [6, 6.07) is 0.0645. The quantitative estimate of drug-likeness (QED) is 0.571. The molecule has 3 nitrogen and oxygen atoms in total. The minimum Gasteiger partial charge on any atom is -0.392 e. The smallest absolute Gasteiger partial charge is 0.0771 e. The second kappa shape index (κ2) is 3.73. The molecule has 1 fully saturated rings. The van der Waals surface area contributed by atoms with Crippen LogP contribution in [0, 0.1) is 0 Å². The highest BCUT2D eigenvalue weighted by molar-refractivity contribution is 4.90. The van der Waals surface area contributed by atoms with Gasteiger partial charge in [0.2, 0.25) is 0 Å². The van der Waals surface area contributed by atoms with Gasteiger partial charge in [-0.3, -0.25) is 0 Å². The molecule has 0 aromatic heterocycles. The van der Waals surface area contributed by atoms with Crippen molar-refractivity contribution >= 4 is 0 Å². The third-order valence-corrected chi connectivity index (χ3v) is 2.76. The second-order valence-electron chi connectivity index (χ2n) is 3.99. The molecule has 72 valence electrons. The summed E-state index contributed by atoms with van der Waals surface area (Å²) in [5.41, 5.74) is -0.483. The second-order valence-corrected chi connectivity index (χ2v) is 3.99. The summed E-state index contributed by atoms with van der Waals surface area (Å²) in [5.74, 6) is 0. The summed E-state index contributed by atoms with van der Waals surface area (Å²) in [6.45, 7) is 4.29. The topological polar surface area (TPSA) is 52.5 Å². The number of rotatable bonds is 4. The number of hydrogen-bond acceptors (Lipinski definition) is 3. The molecule has 1 aliphatic carbocycles. The van der Waals surface area contributed by atoms with Gasteiger partial charge in [-0.25, -0.2) is 0 Å². The highest BCUT2D eigenvalue weighted by Gasteiger charge is 2.34. The van der Waals surface area contributed by atoms with E-state index in [1.807, 2.05) is 6.92 Å². The molecule has 0 saturated heterocycles. The Bertz CT molecular complexity index is 143. The molecule has 0 radical (unpaired) electrons. The lowest BCUT2D eigenvalue weighted by Gasteiger charge is -2.37. The van der Waals surface area contributed by atoms with Crippen molar-refractivity contribution in [3.63, 3.8) is 0 Å². The van der Waals surface area contributed by atoms with Crippen molar-refractivity contribution in [1.82, 2.24) is 5.32 Å². The molecular formula is C9H19NO2. The molecule has 1 rings (SSSR count). The van der Waals surface area contributed by atoms with Crippen LogP contribution < -0.4 is 5.32 Å². The zero-order valence-electron chi connectivity index (χ0n) is 7.88. The van der Waals surface area contributed by atoms with Crippen LogP contribution in [0.2, 0.25) is 0 Å². The lowest BCUT2D eigenvalue weighted by Crippen LogP contribution is -2.50. The van der Waals surface area contributed by atoms with E-state index >= 15 is 0 Å². The van der Waals surface area contributed by atoms with Crippen molar-refractivity contribution in [2.24, 2.45) is 0 Å². The maximum absolute atomic E-state index is 9.70. The highest BCUT2D eigenvalue weighted by Crippen LogP contribution is 2.30. The molecule has 3 N–H and O–H groups in total. The first-order valence-corrected chi connectivity index (χ1v) is 4.67. The van der Waals surface area contributed by atoms with Crippen LogP contribution in [0.1, 0.15) is 33.1 Å². The van der Waals surface area contributed by atoms with Gasteiger partial charge < -0.3 is 15.5 Å². The summed E-state index contributed by atoms with van der Waals surface area (Å²) in [5, 5.41) is 22.0. The van der Waals surface area contributed by atoms with E-state index < -0.39 is 5.60 Å². The Balaban J connectivity index is 2.16. The van der Waals surface area contributed by atoms with E-state index in [2.05, 4.69) is 5.32 Å². The SMILES string of the molecule is CC(O)C(C)NCC1(O)CCC1. The van der Waals surface area contributed by atoms with E-state index in [0.717, 1.165) is 19.3 Å². The minimum atomic E-state index is -0.483. The maximum Gasteiger partial charge on any atom is 0.0771 e. The van der Waals surface area contributed by atoms with Gasteiger partial charge in [-0.15, -0.1) is 0 Å². The Morgan fingerprint density at radius 3 is 2.33 bits per heavy atom. The third-order valence-electron chi connectivity index (χ3n) is 2.76. The molecule has 0 heterocycles. The molecule has 3 heteroatoms. The van der Waals surface area contributed by atoms with Crippen molar-refractivity contribution < 1.29 is 10.2 Å². The molecule has 12 heavy (non-hydrogen) atoms. The molecule has 0 aromatic rings. The Kier molecular flexibility index (Phi) is 3.09. The molecule has 2 unspecified atom stereocenters. The minimum absolute atomic E-state index is 0.0645. The van der Waals surface area contributed by atoms with E-state index in [0.29, 0.717) is 6.54 Å². The predicted molar refractivity (Wildman–Crippen MR) is 47.9 cm³/mol. The highest BCUT2D eigenvalue weighted by atomic mass is 16.3. The normalized spacial score (nSPS) is 26.0. The van der Waals surface area contributed by atoms with Crippen molar-refractivity contribution in [2.45, 2.75) is 50.9 Å². The van der Waals surface area contributed by atoms with E-state index in [-0.39, 0.29) is 12.1 Å². The van der Waals surface area contributed by atoms with Crippen LogP contribution >= 0.6 is 0 Å². The molecule has 1 aliphatic rings. The molecule has 0 aromatic carbocycles. The first kappa shape index (κ1) is 9.96. The molecule has 0 bridgehead atoms. The van der Waals surface area contributed by atoms with Gasteiger partial charge in [0, 0.05) is 12.6 Å². The van der Waals surface area contributed by atoms with Crippen molar-refractivity contribution in [2.75, 3.05) is 6.54 Å². The van der Waals surface area contributed by atoms with Crippen LogP contribution in [0.3, 0.4) is 0 Å². The fourth-order valence-electron chi connectivity index (χ4n) is 1.28. The van der Waals surface area contributed by atoms with Crippen molar-refractivity contribution in [3.05, 3.63) is 0 Å². The Hall–Kier alpha value is -0.120. The first-order valence-electron chi connectivity index (χ1n) is 4.67. The molecule has 0 amide bonds. The number of nitrogens with one attached hydrogen (secondary N) is 1. The van der Waals surface area contributed by atoms with Crippen LogP contribution in [0.15, 0.2) is 0 Å². The van der Waals surface area contributed by atoms with Gasteiger partial charge in [-0.1, -0.05) is 0 Å². The van der Waals surface area contributed by atoms with Crippen LogP contribution in [-0.2, 0) is 0 Å². The Morgan fingerprint density at radius 1 is 1.42 bits per heavy atom. The van der Waals surface area contributed by atoms with Gasteiger partial charge in [0.1, 0.15) is 0 Å². The fourth-order valence-corrected chi connectivity index (χ4v) is 1.28. The van der Waals surface area contributed by atoms with Crippen LogP contribution in [0.5, 0.6) is 0 Å². The zero-order chi connectivity index (χ0) is 9.19. The van der Waals surface area contributed by atoms with E-state index in [1.54, 1.807) is 6.92 Å². The summed E-state index contributed by atoms with van der Waals surface area (Å²) >= 11 is 0. The molecular weight excluding hydrogens is 154 g/mol. The Morgan fingerprint density at radius 2 is 2.00 bits per heavy atom. The number of hydrogen-bond donors (Lipinski definition) is 3. The summed E-state index contributed by atoms with van der Waals surface area (Å²) in [7, 11) is 0. The van der Waals surface area contributed by atoms with E-state index in [1.165, 1.54) is 0 Å². The number of aliphatic hydroxyl groups excluding tert-OH is 1. The lowest BCUT2D eigenvalue weighted by molar-refractivity contribution is -0.0356. The van der Waals surface area contributed by atoms with Gasteiger partial charge in [0.25, 0.3) is 0 Å². The van der Waals surface area contributed by atoms with Crippen LogP contribution in [-0.4, -0.2) is 34.5 Å². The van der Waals surface area contributed by atoms with Gasteiger partial charge in [-0.05, 0) is 33.1 Å². The predicted octanol–water partition coefficient (Wildman–Crippen LogP) is 0.260. The molecule has 0 aliphatic heterocycles. The average Bonchev–Trinajstić information content (AvgIpc) is 1.96. The van der Waals surface area contributed by atoms with Gasteiger partial charge >= 0.3 is 0 Å². The average molecular weight is 173 g/mol. The van der Waals surface area contributed by atoms with E-state index in [9.17, 15) is 5.11 Å².